The van der Waals surface area contributed by atoms with E-state index in [1.807, 2.05) is 13.8 Å². The van der Waals surface area contributed by atoms with Crippen LogP contribution in [0.15, 0.2) is 36.4 Å². The van der Waals surface area contributed by atoms with Gasteiger partial charge in [-0.25, -0.2) is 17.6 Å². The van der Waals surface area contributed by atoms with Crippen molar-refractivity contribution in [2.45, 2.75) is 90.3 Å². The Labute approximate surface area is 390 Å². The fourth-order valence-corrected chi connectivity index (χ4v) is 13.1. The van der Waals surface area contributed by atoms with E-state index in [1.54, 1.807) is 6.07 Å². The van der Waals surface area contributed by atoms with Gasteiger partial charge >= 0.3 is 66.7 Å². The molecule has 3 N–H and O–H groups in total. The number of aliphatic hydroxyl groups excluding tert-OH is 1. The molecule has 2 saturated heterocycles. The number of nitriles is 1. The fourth-order valence-electron chi connectivity index (χ4n) is 4.86. The number of hydrogen-bond donors (Lipinski definition) is 2. The van der Waals surface area contributed by atoms with Crippen LogP contribution in [0.4, 0.5) is 30.5 Å². The Hall–Kier alpha value is 0.0536. The Bertz CT molecular complexity index is 1270. The van der Waals surface area contributed by atoms with Crippen LogP contribution >= 0.6 is 11.6 Å². The molecule has 3 fully saturated rings. The molecular formula is C36H63B2ClF7N3Na2O4Si2. The molecule has 3 atom stereocenters. The number of nitrogens with zero attached hydrogens (tertiary/aromatic N) is 2. The first kappa shape index (κ1) is 66.2. The first-order chi connectivity index (χ1) is 25.1. The minimum atomic E-state index is -3.67. The maximum atomic E-state index is 13.0. The van der Waals surface area contributed by atoms with Gasteiger partial charge in [-0.05, 0) is 74.4 Å². The Morgan fingerprint density at radius 2 is 1.30 bits per heavy atom. The molecule has 57 heavy (non-hydrogen) atoms. The van der Waals surface area contributed by atoms with Crippen molar-refractivity contribution in [3.05, 3.63) is 75.4 Å². The maximum Gasteiger partial charge on any atom is 1.00 e. The molecule has 7 nitrogen and oxygen atoms in total. The van der Waals surface area contributed by atoms with E-state index >= 15 is 0 Å². The number of ether oxygens (including phenoxy) is 3. The topological polar surface area (TPSA) is 115 Å². The molecule has 5 rings (SSSR count). The average molecular weight is 894 g/mol. The standard InChI is InChI=1S/C11H13F2NO.C8H5F2N.C6H18NSi2.C4H8O.C4H10O.C3H5ClO.BF3.BH4.2Na/c12-9-1-7(2-10(13)3-9)11(6-14)4-8(11)5-15;9-7-3-6(1-2-11)4-8(10)5-7;1-8(2,3)7-9(4,5)6;1-2-4-5-3-1;1-3-5-4-2;4-1-3-2-5-3;2-1(3)4;;;/h1-3,8,15H,4-6,14H2;3-5H,1H2;1-6H3;1-4H2;3-4H2,1-2H3;3H,1-2H2;;1H4;;/q;;-1;;;;;-1;2*+1. The third-order valence-corrected chi connectivity index (χ3v) is 12.7. The summed E-state index contributed by atoms with van der Waals surface area (Å²) in [6.45, 7) is 22.6. The summed E-state index contributed by atoms with van der Waals surface area (Å²) in [7, 11) is -5.88. The van der Waals surface area contributed by atoms with E-state index in [-0.39, 0.29) is 86.5 Å². The zero-order chi connectivity index (χ0) is 42.0. The van der Waals surface area contributed by atoms with E-state index in [0.29, 0.717) is 36.1 Å². The largest absolute Gasteiger partial charge is 1.00 e. The molecule has 0 aromatic heterocycles. The molecule has 0 spiro atoms. The number of benzene rings is 2. The van der Waals surface area contributed by atoms with Crippen molar-refractivity contribution in [1.29, 1.82) is 5.26 Å². The van der Waals surface area contributed by atoms with Gasteiger partial charge in [0.15, 0.2) is 0 Å². The zero-order valence-corrected chi connectivity index (χ0v) is 41.6. The summed E-state index contributed by atoms with van der Waals surface area (Å²) in [5.74, 6) is -1.78. The summed E-state index contributed by atoms with van der Waals surface area (Å²) in [4.78, 5) is 0. The molecule has 2 aromatic rings. The second-order valence-corrected chi connectivity index (χ2v) is 24.0. The molecule has 0 radical (unpaired) electrons. The van der Waals surface area contributed by atoms with Gasteiger partial charge in [-0.15, -0.1) is 11.6 Å². The summed E-state index contributed by atoms with van der Waals surface area (Å²) in [6.07, 6.45) is 3.69. The quantitative estimate of drug-likeness (QED) is 0.173. The van der Waals surface area contributed by atoms with Gasteiger partial charge in [-0.2, -0.15) is 5.26 Å². The third kappa shape index (κ3) is 38.7. The van der Waals surface area contributed by atoms with E-state index in [2.05, 4.69) is 39.3 Å². The Balaban J connectivity index is -0.000000193. The van der Waals surface area contributed by atoms with Gasteiger partial charge in [-0.3, -0.25) is 12.9 Å². The molecule has 0 bridgehead atoms. The van der Waals surface area contributed by atoms with E-state index in [9.17, 15) is 30.5 Å². The molecule has 1 aliphatic carbocycles. The number of hydrogen-bond acceptors (Lipinski definition) is 6. The van der Waals surface area contributed by atoms with Crippen LogP contribution in [-0.4, -0.2) is 95.7 Å². The van der Waals surface area contributed by atoms with E-state index in [1.165, 1.54) is 25.0 Å². The minimum Gasteiger partial charge on any atom is -0.668 e. The predicted molar refractivity (Wildman–Crippen MR) is 221 cm³/mol. The van der Waals surface area contributed by atoms with Crippen molar-refractivity contribution in [3.8, 4) is 6.07 Å². The van der Waals surface area contributed by atoms with Crippen molar-refractivity contribution in [2.75, 3.05) is 52.1 Å². The van der Waals surface area contributed by atoms with Gasteiger partial charge in [0.25, 0.3) is 0 Å². The van der Waals surface area contributed by atoms with Crippen LogP contribution in [0.5, 0.6) is 0 Å². The van der Waals surface area contributed by atoms with Gasteiger partial charge in [-0.1, -0.05) is 64.2 Å². The zero-order valence-electron chi connectivity index (χ0n) is 34.8. The van der Waals surface area contributed by atoms with Crippen LogP contribution in [0.3, 0.4) is 0 Å². The number of epoxide rings is 1. The molecule has 1 saturated carbocycles. The monoisotopic (exact) mass is 893 g/mol. The molecule has 318 valence electrons. The second kappa shape index (κ2) is 36.7. The van der Waals surface area contributed by atoms with E-state index < -0.39 is 52.7 Å². The third-order valence-electron chi connectivity index (χ3n) is 6.94. The summed E-state index contributed by atoms with van der Waals surface area (Å²) >= 11 is 5.27. The van der Waals surface area contributed by atoms with Crippen molar-refractivity contribution in [1.82, 2.24) is 0 Å². The van der Waals surface area contributed by atoms with Gasteiger partial charge in [0.1, 0.15) is 23.3 Å². The second-order valence-electron chi connectivity index (χ2n) is 14.1. The molecule has 2 heterocycles. The first-order valence-corrected chi connectivity index (χ1v) is 25.1. The summed E-state index contributed by atoms with van der Waals surface area (Å²) in [6, 6.07) is 8.31. The van der Waals surface area contributed by atoms with E-state index in [0.717, 1.165) is 57.3 Å². The number of rotatable bonds is 9. The first-order valence-electron chi connectivity index (χ1n) is 17.7. The normalized spacial score (nSPS) is 18.0. The van der Waals surface area contributed by atoms with Crippen LogP contribution in [0, 0.1) is 40.5 Å². The smallest absolute Gasteiger partial charge is 0.668 e. The van der Waals surface area contributed by atoms with Crippen molar-refractivity contribution in [3.63, 3.8) is 0 Å². The number of aliphatic hydroxyl groups is 1. The molecule has 0 amide bonds. The van der Waals surface area contributed by atoms with Gasteiger partial charge < -0.3 is 29.7 Å². The minimum absolute atomic E-state index is 0. The van der Waals surface area contributed by atoms with Crippen LogP contribution in [0.25, 0.3) is 4.65 Å². The Morgan fingerprint density at radius 1 is 0.895 bits per heavy atom. The SMILES string of the molecule is C1CCOC1.CCOCC.C[Si](C)(C)[N-][Si](C)(C)C.ClCC1CO1.FB(F)F.N#CCc1cc(F)cc(F)c1.NCC1(c2cc(F)cc(F)c2)CC1CO.[BH4-].[Na+].[Na+]. The molecule has 3 aliphatic rings. The predicted octanol–water partition coefficient (Wildman–Crippen LogP) is 2.13. The van der Waals surface area contributed by atoms with Crippen LogP contribution in [-0.2, 0) is 26.0 Å². The molecular weight excluding hydrogens is 831 g/mol. The maximum absolute atomic E-state index is 13.0. The van der Waals surface area contributed by atoms with Crippen molar-refractivity contribution >= 4 is 44.0 Å². The number of alkyl halides is 1. The molecule has 21 heteroatoms. The summed E-state index contributed by atoms with van der Waals surface area (Å²) in [5, 5.41) is 17.2. The molecule has 2 aliphatic heterocycles. The Kier molecular flexibility index (Phi) is 42.6. The number of nitrogens with two attached hydrogens (primary N) is 1. The fraction of sp³-hybridized carbons (Fsp3) is 0.639. The number of halogens is 8. The van der Waals surface area contributed by atoms with Crippen LogP contribution < -0.4 is 64.8 Å². The molecule has 2 aromatic carbocycles. The van der Waals surface area contributed by atoms with Gasteiger partial charge in [0.05, 0.1) is 31.1 Å². The van der Waals surface area contributed by atoms with Crippen LogP contribution in [0.2, 0.25) is 39.3 Å². The molecule has 3 unspecified atom stereocenters. The summed E-state index contributed by atoms with van der Waals surface area (Å²) < 4.78 is 99.1. The van der Waals surface area contributed by atoms with Crippen molar-refractivity contribution in [2.24, 2.45) is 11.7 Å². The van der Waals surface area contributed by atoms with Crippen molar-refractivity contribution < 1.29 is 109 Å². The van der Waals surface area contributed by atoms with Gasteiger partial charge in [0, 0.05) is 57.1 Å². The summed E-state index contributed by atoms with van der Waals surface area (Å²) in [5.41, 5.74) is 6.11. The van der Waals surface area contributed by atoms with E-state index in [4.69, 9.17) is 46.6 Å². The van der Waals surface area contributed by atoms with Crippen LogP contribution in [0.1, 0.15) is 44.2 Å². The van der Waals surface area contributed by atoms with Gasteiger partial charge in [0.2, 0.25) is 0 Å². The average Bonchev–Trinajstić information content (AvgIpc) is 3.95. The Morgan fingerprint density at radius 3 is 1.49 bits per heavy atom.